The standard InChI is InChI=1S/C11H20O2/c1-11(12)9-7-5-3-4-6-8-10-13-2/h8,10H,3-7,9H2,1-2H3/b10-8+. The zero-order valence-corrected chi connectivity index (χ0v) is 8.71. The fraction of sp³-hybridized carbons (Fsp3) is 0.727. The number of hydrogen-bond acceptors (Lipinski definition) is 2. The van der Waals surface area contributed by atoms with Crippen LogP contribution in [0, 0.1) is 0 Å². The second kappa shape index (κ2) is 9.30. The summed E-state index contributed by atoms with van der Waals surface area (Å²) in [4.78, 5) is 10.6. The maximum Gasteiger partial charge on any atom is 0.129 e. The molecule has 0 amide bonds. The number of unbranched alkanes of at least 4 members (excludes halogenated alkanes) is 4. The molecule has 0 rings (SSSR count). The smallest absolute Gasteiger partial charge is 0.129 e. The Labute approximate surface area is 81.0 Å². The van der Waals surface area contributed by atoms with Gasteiger partial charge in [0.15, 0.2) is 0 Å². The molecule has 0 aromatic rings. The molecule has 0 aromatic carbocycles. The Hall–Kier alpha value is -0.790. The van der Waals surface area contributed by atoms with E-state index in [9.17, 15) is 4.79 Å². The van der Waals surface area contributed by atoms with Gasteiger partial charge in [0, 0.05) is 6.42 Å². The predicted molar refractivity (Wildman–Crippen MR) is 54.5 cm³/mol. The summed E-state index contributed by atoms with van der Waals surface area (Å²) >= 11 is 0. The lowest BCUT2D eigenvalue weighted by atomic mass is 10.1. The highest BCUT2D eigenvalue weighted by atomic mass is 16.5. The first kappa shape index (κ1) is 12.2. The van der Waals surface area contributed by atoms with E-state index in [0.717, 1.165) is 19.3 Å². The van der Waals surface area contributed by atoms with Crippen LogP contribution in [0.4, 0.5) is 0 Å². The van der Waals surface area contributed by atoms with Crippen LogP contribution in [-0.2, 0) is 9.53 Å². The van der Waals surface area contributed by atoms with Gasteiger partial charge in [0.25, 0.3) is 0 Å². The Kier molecular flexibility index (Phi) is 8.73. The molecule has 2 heteroatoms. The molecular formula is C11H20O2. The van der Waals surface area contributed by atoms with Gasteiger partial charge in [-0.25, -0.2) is 0 Å². The van der Waals surface area contributed by atoms with Crippen molar-refractivity contribution in [2.24, 2.45) is 0 Å². The quantitative estimate of drug-likeness (QED) is 0.428. The van der Waals surface area contributed by atoms with E-state index in [1.54, 1.807) is 20.3 Å². The summed E-state index contributed by atoms with van der Waals surface area (Å²) in [6.07, 6.45) is 10.2. The summed E-state index contributed by atoms with van der Waals surface area (Å²) in [6.45, 7) is 1.65. The number of carbonyl (C=O) groups is 1. The number of methoxy groups -OCH3 is 1. The number of allylic oxidation sites excluding steroid dienone is 1. The van der Waals surface area contributed by atoms with Crippen molar-refractivity contribution < 1.29 is 9.53 Å². The van der Waals surface area contributed by atoms with Crippen molar-refractivity contribution in [1.82, 2.24) is 0 Å². The molecule has 0 bridgehead atoms. The largest absolute Gasteiger partial charge is 0.505 e. The summed E-state index contributed by atoms with van der Waals surface area (Å²) in [5, 5.41) is 0. The minimum atomic E-state index is 0.305. The maximum absolute atomic E-state index is 10.6. The number of ether oxygens (including phenoxy) is 1. The molecule has 0 unspecified atom stereocenters. The SMILES string of the molecule is CO/C=C/CCCCCCC(C)=O. The van der Waals surface area contributed by atoms with Crippen LogP contribution in [0.3, 0.4) is 0 Å². The molecule has 0 aliphatic carbocycles. The van der Waals surface area contributed by atoms with Crippen molar-refractivity contribution in [3.63, 3.8) is 0 Å². The summed E-state index contributed by atoms with van der Waals surface area (Å²) < 4.78 is 4.78. The van der Waals surface area contributed by atoms with Gasteiger partial charge >= 0.3 is 0 Å². The molecular weight excluding hydrogens is 164 g/mol. The van der Waals surface area contributed by atoms with Gasteiger partial charge in [0.1, 0.15) is 5.78 Å². The van der Waals surface area contributed by atoms with Gasteiger partial charge in [-0.05, 0) is 32.3 Å². The van der Waals surface area contributed by atoms with E-state index in [1.165, 1.54) is 19.3 Å². The second-order valence-corrected chi connectivity index (χ2v) is 3.26. The van der Waals surface area contributed by atoms with Crippen LogP contribution in [0.5, 0.6) is 0 Å². The van der Waals surface area contributed by atoms with Crippen LogP contribution in [0.1, 0.15) is 45.4 Å². The molecule has 2 nitrogen and oxygen atoms in total. The van der Waals surface area contributed by atoms with Crippen LogP contribution < -0.4 is 0 Å². The van der Waals surface area contributed by atoms with E-state index in [0.29, 0.717) is 5.78 Å². The third-order valence-electron chi connectivity index (χ3n) is 1.88. The van der Waals surface area contributed by atoms with Crippen molar-refractivity contribution >= 4 is 5.78 Å². The first-order chi connectivity index (χ1) is 6.27. The summed E-state index contributed by atoms with van der Waals surface area (Å²) in [5.74, 6) is 0.305. The lowest BCUT2D eigenvalue weighted by Gasteiger charge is -1.97. The Morgan fingerprint density at radius 1 is 1.23 bits per heavy atom. The molecule has 0 aliphatic rings. The molecule has 13 heavy (non-hydrogen) atoms. The highest BCUT2D eigenvalue weighted by Gasteiger charge is 1.92. The average Bonchev–Trinajstić information content (AvgIpc) is 2.09. The van der Waals surface area contributed by atoms with Crippen molar-refractivity contribution in [2.75, 3.05) is 7.11 Å². The number of hydrogen-bond donors (Lipinski definition) is 0. The highest BCUT2D eigenvalue weighted by Crippen LogP contribution is 2.05. The molecule has 0 heterocycles. The Morgan fingerprint density at radius 2 is 1.92 bits per heavy atom. The van der Waals surface area contributed by atoms with Crippen LogP contribution in [0.25, 0.3) is 0 Å². The Balaban J connectivity index is 2.99. The van der Waals surface area contributed by atoms with Crippen molar-refractivity contribution in [1.29, 1.82) is 0 Å². The number of rotatable bonds is 8. The monoisotopic (exact) mass is 184 g/mol. The van der Waals surface area contributed by atoms with Gasteiger partial charge in [-0.15, -0.1) is 0 Å². The highest BCUT2D eigenvalue weighted by molar-refractivity contribution is 5.75. The Morgan fingerprint density at radius 3 is 2.54 bits per heavy atom. The molecule has 0 N–H and O–H groups in total. The zero-order chi connectivity index (χ0) is 9.94. The fourth-order valence-electron chi connectivity index (χ4n) is 1.15. The third-order valence-corrected chi connectivity index (χ3v) is 1.88. The van der Waals surface area contributed by atoms with Gasteiger partial charge in [0.2, 0.25) is 0 Å². The second-order valence-electron chi connectivity index (χ2n) is 3.26. The summed E-state index contributed by atoms with van der Waals surface area (Å²) in [6, 6.07) is 0. The van der Waals surface area contributed by atoms with E-state index in [-0.39, 0.29) is 0 Å². The molecule has 0 saturated carbocycles. The molecule has 0 saturated heterocycles. The van der Waals surface area contributed by atoms with E-state index >= 15 is 0 Å². The molecule has 0 spiro atoms. The van der Waals surface area contributed by atoms with E-state index in [2.05, 4.69) is 0 Å². The van der Waals surface area contributed by atoms with Crippen LogP contribution in [0.15, 0.2) is 12.3 Å². The van der Waals surface area contributed by atoms with Crippen molar-refractivity contribution in [3.05, 3.63) is 12.3 Å². The van der Waals surface area contributed by atoms with Crippen LogP contribution in [-0.4, -0.2) is 12.9 Å². The molecule has 0 fully saturated rings. The van der Waals surface area contributed by atoms with Gasteiger partial charge in [0.05, 0.1) is 13.4 Å². The molecule has 76 valence electrons. The fourth-order valence-corrected chi connectivity index (χ4v) is 1.15. The first-order valence-electron chi connectivity index (χ1n) is 4.94. The lowest BCUT2D eigenvalue weighted by Crippen LogP contribution is -1.88. The van der Waals surface area contributed by atoms with Crippen molar-refractivity contribution in [3.8, 4) is 0 Å². The average molecular weight is 184 g/mol. The minimum absolute atomic E-state index is 0.305. The molecule has 0 aliphatic heterocycles. The van der Waals surface area contributed by atoms with E-state index < -0.39 is 0 Å². The van der Waals surface area contributed by atoms with Gasteiger partial charge in [-0.3, -0.25) is 0 Å². The van der Waals surface area contributed by atoms with Gasteiger partial charge in [-0.1, -0.05) is 12.8 Å². The topological polar surface area (TPSA) is 26.3 Å². The molecule has 0 radical (unpaired) electrons. The summed E-state index contributed by atoms with van der Waals surface area (Å²) in [5.41, 5.74) is 0. The molecule has 0 aromatic heterocycles. The third kappa shape index (κ3) is 11.2. The van der Waals surface area contributed by atoms with E-state index in [1.807, 2.05) is 6.08 Å². The number of ketones is 1. The van der Waals surface area contributed by atoms with Crippen molar-refractivity contribution in [2.45, 2.75) is 45.4 Å². The predicted octanol–water partition coefficient (Wildman–Crippen LogP) is 3.08. The maximum atomic E-state index is 10.6. The number of carbonyl (C=O) groups excluding carboxylic acids is 1. The van der Waals surface area contributed by atoms with Gasteiger partial charge in [-0.2, -0.15) is 0 Å². The van der Waals surface area contributed by atoms with Crippen LogP contribution >= 0.6 is 0 Å². The minimum Gasteiger partial charge on any atom is -0.505 e. The summed E-state index contributed by atoms with van der Waals surface area (Å²) in [7, 11) is 1.66. The first-order valence-corrected chi connectivity index (χ1v) is 4.94. The molecule has 0 atom stereocenters. The van der Waals surface area contributed by atoms with Gasteiger partial charge < -0.3 is 9.53 Å². The zero-order valence-electron chi connectivity index (χ0n) is 8.71. The van der Waals surface area contributed by atoms with Crippen LogP contribution in [0.2, 0.25) is 0 Å². The number of Topliss-reactive ketones (excluding diaryl/α,β-unsaturated/α-hetero) is 1. The van der Waals surface area contributed by atoms with E-state index in [4.69, 9.17) is 4.74 Å². The lowest BCUT2D eigenvalue weighted by molar-refractivity contribution is -0.117. The Bertz CT molecular complexity index is 150. The normalized spacial score (nSPS) is 10.6.